The Bertz CT molecular complexity index is 665. The Hall–Kier alpha value is -2.12. The number of nitrogens with two attached hydrogens (primary N) is 1. The summed E-state index contributed by atoms with van der Waals surface area (Å²) in [5.74, 6) is 6.79. The van der Waals surface area contributed by atoms with Crippen LogP contribution in [0.2, 0.25) is 0 Å². The van der Waals surface area contributed by atoms with Crippen LogP contribution in [0.1, 0.15) is 17.3 Å². The minimum Gasteiger partial charge on any atom is -0.335 e. The standard InChI is InChI=1S/C12H13N7.2ClH/c1-8-16-18-12(19(8)13)17-15-7-9-6-14-11-5-3-2-4-10(9)11;;/h2-7,9H,13H2,1H3,(H,17,18);2*1H. The molecule has 9 heteroatoms. The van der Waals surface area contributed by atoms with E-state index in [0.29, 0.717) is 11.8 Å². The number of para-hydroxylation sites is 1. The van der Waals surface area contributed by atoms with Crippen molar-refractivity contribution < 1.29 is 0 Å². The fourth-order valence-electron chi connectivity index (χ4n) is 1.87. The van der Waals surface area contributed by atoms with Gasteiger partial charge in [-0.15, -0.1) is 35.0 Å². The van der Waals surface area contributed by atoms with Gasteiger partial charge in [-0.3, -0.25) is 4.99 Å². The van der Waals surface area contributed by atoms with Gasteiger partial charge in [0.25, 0.3) is 5.95 Å². The molecule has 1 aromatic heterocycles. The van der Waals surface area contributed by atoms with Crippen molar-refractivity contribution in [1.29, 1.82) is 0 Å². The molecule has 1 aliphatic rings. The Kier molecular flexibility index (Phi) is 5.69. The van der Waals surface area contributed by atoms with E-state index in [9.17, 15) is 0 Å². The molecule has 0 fully saturated rings. The molecule has 0 aliphatic carbocycles. The number of hydrazone groups is 1. The molecule has 1 aromatic carbocycles. The molecule has 3 N–H and O–H groups in total. The van der Waals surface area contributed by atoms with Crippen molar-refractivity contribution in [3.8, 4) is 0 Å². The van der Waals surface area contributed by atoms with Gasteiger partial charge in [0.15, 0.2) is 5.82 Å². The maximum Gasteiger partial charge on any atom is 0.263 e. The molecule has 0 radical (unpaired) electrons. The zero-order valence-corrected chi connectivity index (χ0v) is 12.8. The van der Waals surface area contributed by atoms with Gasteiger partial charge in [0.05, 0.1) is 11.6 Å². The summed E-state index contributed by atoms with van der Waals surface area (Å²) < 4.78 is 1.34. The smallest absolute Gasteiger partial charge is 0.263 e. The first-order valence-electron chi connectivity index (χ1n) is 5.85. The molecule has 21 heavy (non-hydrogen) atoms. The first-order valence-corrected chi connectivity index (χ1v) is 5.85. The largest absolute Gasteiger partial charge is 0.335 e. The molecule has 0 spiro atoms. The van der Waals surface area contributed by atoms with E-state index in [0.717, 1.165) is 11.3 Å². The number of nitrogens with zero attached hydrogens (tertiary/aromatic N) is 5. The Morgan fingerprint density at radius 3 is 2.76 bits per heavy atom. The summed E-state index contributed by atoms with van der Waals surface area (Å²) in [7, 11) is 0. The fourth-order valence-corrected chi connectivity index (χ4v) is 1.87. The van der Waals surface area contributed by atoms with Crippen molar-refractivity contribution in [2.24, 2.45) is 10.1 Å². The first-order chi connectivity index (χ1) is 9.25. The number of rotatable bonds is 3. The van der Waals surface area contributed by atoms with Crippen LogP contribution in [0, 0.1) is 6.92 Å². The van der Waals surface area contributed by atoms with E-state index in [-0.39, 0.29) is 30.7 Å². The van der Waals surface area contributed by atoms with Crippen molar-refractivity contribution in [1.82, 2.24) is 14.9 Å². The number of nitrogens with one attached hydrogen (secondary N) is 1. The lowest BCUT2D eigenvalue weighted by molar-refractivity contribution is 0.925. The summed E-state index contributed by atoms with van der Waals surface area (Å²) in [4.78, 5) is 4.33. The Morgan fingerprint density at radius 2 is 2.05 bits per heavy atom. The lowest BCUT2D eigenvalue weighted by Gasteiger charge is -2.03. The number of anilines is 1. The van der Waals surface area contributed by atoms with Crippen molar-refractivity contribution in [2.45, 2.75) is 12.8 Å². The van der Waals surface area contributed by atoms with Gasteiger partial charge in [-0.25, -0.2) is 10.1 Å². The SMILES string of the molecule is Cc1nnc(NN=CC2C=Nc3ccccc32)n1N.Cl.Cl. The zero-order chi connectivity index (χ0) is 13.2. The van der Waals surface area contributed by atoms with Gasteiger partial charge in [0, 0.05) is 12.4 Å². The molecule has 0 saturated heterocycles. The highest BCUT2D eigenvalue weighted by Gasteiger charge is 2.15. The van der Waals surface area contributed by atoms with Gasteiger partial charge in [-0.2, -0.15) is 5.10 Å². The molecule has 1 aliphatic heterocycles. The second-order valence-corrected chi connectivity index (χ2v) is 4.19. The Labute approximate surface area is 134 Å². The number of aliphatic imine (C=N–C) groups is 1. The summed E-state index contributed by atoms with van der Waals surface area (Å²) in [6.45, 7) is 1.77. The van der Waals surface area contributed by atoms with Crippen LogP contribution in [-0.4, -0.2) is 27.3 Å². The van der Waals surface area contributed by atoms with Crippen LogP contribution < -0.4 is 11.3 Å². The van der Waals surface area contributed by atoms with E-state index in [1.54, 1.807) is 13.1 Å². The Morgan fingerprint density at radius 1 is 1.29 bits per heavy atom. The summed E-state index contributed by atoms with van der Waals surface area (Å²) >= 11 is 0. The molecule has 0 amide bonds. The molecular formula is C12H15Cl2N7. The summed E-state index contributed by atoms with van der Waals surface area (Å²) in [5, 5.41) is 11.8. The number of hydrogen-bond donors (Lipinski definition) is 2. The molecule has 2 aromatic rings. The van der Waals surface area contributed by atoms with Crippen molar-refractivity contribution >= 4 is 48.9 Å². The number of aromatic nitrogens is 3. The lowest BCUT2D eigenvalue weighted by Crippen LogP contribution is -2.13. The third-order valence-corrected chi connectivity index (χ3v) is 2.94. The number of hydrogen-bond acceptors (Lipinski definition) is 6. The van der Waals surface area contributed by atoms with E-state index < -0.39 is 0 Å². The summed E-state index contributed by atoms with van der Waals surface area (Å²) in [6.07, 6.45) is 3.62. The molecule has 2 heterocycles. The lowest BCUT2D eigenvalue weighted by atomic mass is 10.0. The number of aryl methyl sites for hydroxylation is 1. The van der Waals surface area contributed by atoms with Crippen molar-refractivity contribution in [3.05, 3.63) is 35.7 Å². The number of halogens is 2. The molecule has 112 valence electrons. The van der Waals surface area contributed by atoms with Crippen LogP contribution in [0.3, 0.4) is 0 Å². The highest BCUT2D eigenvalue weighted by atomic mass is 35.5. The van der Waals surface area contributed by atoms with Gasteiger partial charge in [-0.1, -0.05) is 18.2 Å². The Balaban J connectivity index is 0.00000110. The average molecular weight is 328 g/mol. The van der Waals surface area contributed by atoms with Gasteiger partial charge < -0.3 is 5.84 Å². The van der Waals surface area contributed by atoms with E-state index in [2.05, 4.69) is 25.7 Å². The quantitative estimate of drug-likeness (QED) is 0.512. The molecule has 3 rings (SSSR count). The van der Waals surface area contributed by atoms with Crippen LogP contribution in [0.4, 0.5) is 11.6 Å². The molecule has 0 saturated carbocycles. The second-order valence-electron chi connectivity index (χ2n) is 4.19. The molecule has 0 bridgehead atoms. The number of benzene rings is 1. The van der Waals surface area contributed by atoms with Crippen LogP contribution in [0.25, 0.3) is 0 Å². The minimum absolute atomic E-state index is 0. The number of fused-ring (bicyclic) bond motifs is 1. The maximum absolute atomic E-state index is 5.70. The minimum atomic E-state index is 0. The zero-order valence-electron chi connectivity index (χ0n) is 11.2. The highest BCUT2D eigenvalue weighted by Crippen LogP contribution is 2.30. The van der Waals surface area contributed by atoms with Crippen LogP contribution in [0.15, 0.2) is 34.4 Å². The maximum atomic E-state index is 5.70. The van der Waals surface area contributed by atoms with Crippen molar-refractivity contribution in [2.75, 3.05) is 11.3 Å². The molecule has 1 unspecified atom stereocenters. The topological polar surface area (TPSA) is 93.5 Å². The normalized spacial score (nSPS) is 15.4. The van der Waals surface area contributed by atoms with Gasteiger partial charge in [-0.05, 0) is 18.6 Å². The second kappa shape index (κ2) is 7.05. The van der Waals surface area contributed by atoms with Crippen LogP contribution in [-0.2, 0) is 0 Å². The van der Waals surface area contributed by atoms with E-state index in [4.69, 9.17) is 5.84 Å². The van der Waals surface area contributed by atoms with E-state index >= 15 is 0 Å². The average Bonchev–Trinajstić information content (AvgIpc) is 2.97. The van der Waals surface area contributed by atoms with E-state index in [1.807, 2.05) is 30.5 Å². The predicted molar refractivity (Wildman–Crippen MR) is 88.9 cm³/mol. The predicted octanol–water partition coefficient (Wildman–Crippen LogP) is 2.04. The third kappa shape index (κ3) is 3.32. The summed E-state index contributed by atoms with van der Waals surface area (Å²) in [6, 6.07) is 7.97. The molecule has 7 nitrogen and oxygen atoms in total. The molecule has 1 atom stereocenters. The van der Waals surface area contributed by atoms with Gasteiger partial charge in [0.1, 0.15) is 0 Å². The van der Waals surface area contributed by atoms with Gasteiger partial charge in [0.2, 0.25) is 0 Å². The van der Waals surface area contributed by atoms with Crippen LogP contribution >= 0.6 is 24.8 Å². The van der Waals surface area contributed by atoms with Crippen molar-refractivity contribution in [3.63, 3.8) is 0 Å². The third-order valence-electron chi connectivity index (χ3n) is 2.94. The first kappa shape index (κ1) is 16.9. The summed E-state index contributed by atoms with van der Waals surface area (Å²) in [5.41, 5.74) is 4.88. The fraction of sp³-hybridized carbons (Fsp3) is 0.167. The van der Waals surface area contributed by atoms with Gasteiger partial charge >= 0.3 is 0 Å². The van der Waals surface area contributed by atoms with E-state index in [1.165, 1.54) is 4.68 Å². The number of nitrogen functional groups attached to an aromatic ring is 1. The monoisotopic (exact) mass is 327 g/mol. The highest BCUT2D eigenvalue weighted by molar-refractivity contribution is 5.96. The van der Waals surface area contributed by atoms with Crippen LogP contribution in [0.5, 0.6) is 0 Å². The molecular weight excluding hydrogens is 313 g/mol.